The van der Waals surface area contributed by atoms with Crippen molar-refractivity contribution in [1.29, 1.82) is 0 Å². The zero-order valence-electron chi connectivity index (χ0n) is 12.0. The van der Waals surface area contributed by atoms with Crippen LogP contribution in [0, 0.1) is 10.1 Å². The van der Waals surface area contributed by atoms with Crippen LogP contribution in [0.4, 0.5) is 5.69 Å². The highest BCUT2D eigenvalue weighted by Gasteiger charge is 2.34. The van der Waals surface area contributed by atoms with Gasteiger partial charge in [0.15, 0.2) is 0 Å². The topological polar surface area (TPSA) is 90.7 Å². The second-order valence-corrected chi connectivity index (χ2v) is 4.92. The molecule has 7 heteroatoms. The molecule has 1 aromatic rings. The van der Waals surface area contributed by atoms with Gasteiger partial charge in [-0.1, -0.05) is 0 Å². The van der Waals surface area contributed by atoms with Gasteiger partial charge in [-0.25, -0.2) is 0 Å². The van der Waals surface area contributed by atoms with Gasteiger partial charge in [0.25, 0.3) is 11.6 Å². The average molecular weight is 292 g/mol. The smallest absolute Gasteiger partial charge is 0.270 e. The van der Waals surface area contributed by atoms with E-state index in [9.17, 15) is 14.9 Å². The number of nitro benzene ring substituents is 1. The number of nitrogens with zero attached hydrogens (tertiary/aromatic N) is 1. The van der Waals surface area contributed by atoms with E-state index < -0.39 is 10.5 Å². The van der Waals surface area contributed by atoms with Crippen LogP contribution in [-0.2, 0) is 9.53 Å². The maximum absolute atomic E-state index is 12.1. The molecular weight excluding hydrogens is 276 g/mol. The lowest BCUT2D eigenvalue weighted by Gasteiger charge is -2.33. The third-order valence-corrected chi connectivity index (χ3v) is 3.16. The fraction of sp³-hybridized carbons (Fsp3) is 0.357. The number of rotatable bonds is 4. The molecule has 0 radical (unpaired) electrons. The van der Waals surface area contributed by atoms with Crippen molar-refractivity contribution in [3.05, 3.63) is 40.0 Å². The molecule has 0 bridgehead atoms. The molecule has 1 amide bonds. The molecule has 21 heavy (non-hydrogen) atoms. The summed E-state index contributed by atoms with van der Waals surface area (Å²) in [7, 11) is 3.04. The van der Waals surface area contributed by atoms with Gasteiger partial charge in [-0.15, -0.1) is 0 Å². The summed E-state index contributed by atoms with van der Waals surface area (Å²) >= 11 is 0. The highest BCUT2D eigenvalue weighted by Crippen LogP contribution is 2.38. The van der Waals surface area contributed by atoms with E-state index >= 15 is 0 Å². The lowest BCUT2D eigenvalue weighted by Crippen LogP contribution is -2.39. The summed E-state index contributed by atoms with van der Waals surface area (Å²) in [5.41, 5.74) is -0.165. The van der Waals surface area contributed by atoms with E-state index in [1.54, 1.807) is 13.0 Å². The van der Waals surface area contributed by atoms with Gasteiger partial charge >= 0.3 is 0 Å². The number of carbonyl (C=O) groups is 1. The van der Waals surface area contributed by atoms with Crippen molar-refractivity contribution in [1.82, 2.24) is 5.32 Å². The molecule has 0 saturated carbocycles. The molecule has 1 heterocycles. The predicted molar refractivity (Wildman–Crippen MR) is 76.0 cm³/mol. The zero-order valence-corrected chi connectivity index (χ0v) is 12.0. The summed E-state index contributed by atoms with van der Waals surface area (Å²) in [6.07, 6.45) is 1.63. The number of fused-ring (bicyclic) bond motifs is 1. The minimum absolute atomic E-state index is 0.0949. The second-order valence-electron chi connectivity index (χ2n) is 4.92. The van der Waals surface area contributed by atoms with Crippen molar-refractivity contribution in [3.63, 3.8) is 0 Å². The fourth-order valence-electron chi connectivity index (χ4n) is 2.27. The Balaban J connectivity index is 2.57. The SMILES string of the molecule is CNC(=O)C1=CC(C)(COC)Oc2ccc([N+](=O)[O-])cc21. The van der Waals surface area contributed by atoms with Crippen LogP contribution < -0.4 is 10.1 Å². The Morgan fingerprint density at radius 3 is 2.81 bits per heavy atom. The molecule has 112 valence electrons. The number of likely N-dealkylation sites (N-methyl/N-ethyl adjacent to an activating group) is 1. The standard InChI is InChI=1S/C14H16N2O5/c1-14(8-20-3)7-11(13(17)15-2)10-6-9(16(18)19)4-5-12(10)21-14/h4-7H,8H2,1-3H3,(H,15,17). The van der Waals surface area contributed by atoms with Gasteiger partial charge in [0.05, 0.1) is 17.1 Å². The number of hydrogen-bond donors (Lipinski definition) is 1. The number of amides is 1. The number of benzene rings is 1. The van der Waals surface area contributed by atoms with Gasteiger partial charge in [-0.05, 0) is 19.1 Å². The first kappa shape index (κ1) is 15.0. The zero-order chi connectivity index (χ0) is 15.6. The number of ether oxygens (including phenoxy) is 2. The van der Waals surface area contributed by atoms with E-state index in [4.69, 9.17) is 9.47 Å². The molecule has 1 N–H and O–H groups in total. The van der Waals surface area contributed by atoms with Crippen LogP contribution in [0.25, 0.3) is 5.57 Å². The summed E-state index contributed by atoms with van der Waals surface area (Å²) in [6, 6.07) is 4.18. The molecule has 0 aromatic heterocycles. The second kappa shape index (κ2) is 5.53. The molecule has 0 aliphatic carbocycles. The van der Waals surface area contributed by atoms with Crippen LogP contribution in [0.15, 0.2) is 24.3 Å². The number of nitrogens with one attached hydrogen (secondary N) is 1. The van der Waals surface area contributed by atoms with Crippen molar-refractivity contribution < 1.29 is 19.2 Å². The predicted octanol–water partition coefficient (Wildman–Crippen LogP) is 1.52. The van der Waals surface area contributed by atoms with Crippen LogP contribution in [0.3, 0.4) is 0 Å². The lowest BCUT2D eigenvalue weighted by molar-refractivity contribution is -0.384. The summed E-state index contributed by atoms with van der Waals surface area (Å²) < 4.78 is 10.9. The lowest BCUT2D eigenvalue weighted by atomic mass is 9.93. The van der Waals surface area contributed by atoms with Gasteiger partial charge in [-0.3, -0.25) is 14.9 Å². The Kier molecular flexibility index (Phi) is 3.95. The molecule has 0 spiro atoms. The molecule has 1 aliphatic heterocycles. The Bertz CT molecular complexity index is 626. The first-order valence-electron chi connectivity index (χ1n) is 6.32. The molecule has 1 aliphatic rings. The highest BCUT2D eigenvalue weighted by atomic mass is 16.6. The number of methoxy groups -OCH3 is 1. The summed E-state index contributed by atoms with van der Waals surface area (Å²) in [6.45, 7) is 2.04. The summed E-state index contributed by atoms with van der Waals surface area (Å²) in [4.78, 5) is 22.4. The molecule has 1 atom stereocenters. The molecule has 2 rings (SSSR count). The summed E-state index contributed by atoms with van der Waals surface area (Å²) in [5.74, 6) is 0.0867. The monoisotopic (exact) mass is 292 g/mol. The number of nitro groups is 1. The van der Waals surface area contributed by atoms with Crippen LogP contribution in [0.2, 0.25) is 0 Å². The van der Waals surface area contributed by atoms with E-state index in [0.717, 1.165) is 0 Å². The Morgan fingerprint density at radius 1 is 1.52 bits per heavy atom. The molecule has 0 saturated heterocycles. The Labute approximate surface area is 121 Å². The number of non-ortho nitro benzene ring substituents is 1. The molecule has 1 unspecified atom stereocenters. The third kappa shape index (κ3) is 2.87. The minimum atomic E-state index is -0.806. The van der Waals surface area contributed by atoms with Crippen LogP contribution in [0.5, 0.6) is 5.75 Å². The van der Waals surface area contributed by atoms with E-state index in [1.807, 2.05) is 0 Å². The highest BCUT2D eigenvalue weighted by molar-refractivity contribution is 6.20. The molecule has 7 nitrogen and oxygen atoms in total. The van der Waals surface area contributed by atoms with Crippen LogP contribution in [0.1, 0.15) is 12.5 Å². The van der Waals surface area contributed by atoms with Crippen molar-refractivity contribution in [2.45, 2.75) is 12.5 Å². The average Bonchev–Trinajstić information content (AvgIpc) is 2.45. The van der Waals surface area contributed by atoms with Gasteiger partial charge in [0.2, 0.25) is 0 Å². The molecule has 0 fully saturated rings. The van der Waals surface area contributed by atoms with Crippen LogP contribution in [-0.4, -0.2) is 37.2 Å². The largest absolute Gasteiger partial charge is 0.480 e. The van der Waals surface area contributed by atoms with Gasteiger partial charge < -0.3 is 14.8 Å². The van der Waals surface area contributed by atoms with E-state index in [1.165, 1.54) is 32.4 Å². The normalized spacial score (nSPS) is 20.0. The van der Waals surface area contributed by atoms with Crippen molar-refractivity contribution in [2.24, 2.45) is 0 Å². The number of hydrogen-bond acceptors (Lipinski definition) is 5. The van der Waals surface area contributed by atoms with Gasteiger partial charge in [-0.2, -0.15) is 0 Å². The molecular formula is C14H16N2O5. The van der Waals surface area contributed by atoms with E-state index in [-0.39, 0.29) is 18.2 Å². The first-order chi connectivity index (χ1) is 9.90. The van der Waals surface area contributed by atoms with E-state index in [2.05, 4.69) is 5.32 Å². The van der Waals surface area contributed by atoms with Crippen molar-refractivity contribution in [2.75, 3.05) is 20.8 Å². The van der Waals surface area contributed by atoms with Crippen LogP contribution >= 0.6 is 0 Å². The van der Waals surface area contributed by atoms with Crippen molar-refractivity contribution >= 4 is 17.2 Å². The van der Waals surface area contributed by atoms with Gasteiger partial charge in [0, 0.05) is 31.9 Å². The van der Waals surface area contributed by atoms with E-state index in [0.29, 0.717) is 16.9 Å². The minimum Gasteiger partial charge on any atom is -0.480 e. The first-order valence-corrected chi connectivity index (χ1v) is 6.32. The van der Waals surface area contributed by atoms with Crippen molar-refractivity contribution in [3.8, 4) is 5.75 Å². The Hall–Kier alpha value is -2.41. The fourth-order valence-corrected chi connectivity index (χ4v) is 2.27. The maximum Gasteiger partial charge on any atom is 0.270 e. The quantitative estimate of drug-likeness (QED) is 0.671. The molecule has 1 aromatic carbocycles. The number of carbonyl (C=O) groups excluding carboxylic acids is 1. The third-order valence-electron chi connectivity index (χ3n) is 3.16. The Morgan fingerprint density at radius 2 is 2.24 bits per heavy atom. The maximum atomic E-state index is 12.1. The summed E-state index contributed by atoms with van der Waals surface area (Å²) in [5, 5.41) is 13.4. The van der Waals surface area contributed by atoms with Gasteiger partial charge in [0.1, 0.15) is 11.4 Å².